The van der Waals surface area contributed by atoms with E-state index >= 15 is 0 Å². The summed E-state index contributed by atoms with van der Waals surface area (Å²) in [6, 6.07) is 15.9. The first-order chi connectivity index (χ1) is 14.3. The maximum absolute atomic E-state index is 11.8. The average Bonchev–Trinajstić information content (AvgIpc) is 2.69. The second-order valence-corrected chi connectivity index (χ2v) is 9.56. The first-order valence-electron chi connectivity index (χ1n) is 10.3. The van der Waals surface area contributed by atoms with Crippen LogP contribution in [0.5, 0.6) is 0 Å². The van der Waals surface area contributed by atoms with E-state index in [1.54, 1.807) is 6.07 Å². The van der Waals surface area contributed by atoms with E-state index in [-0.39, 0.29) is 0 Å². The van der Waals surface area contributed by atoms with E-state index in [1.165, 1.54) is 11.8 Å². The van der Waals surface area contributed by atoms with Gasteiger partial charge in [0.05, 0.1) is 11.4 Å². The highest BCUT2D eigenvalue weighted by atomic mass is 32.2. The summed E-state index contributed by atoms with van der Waals surface area (Å²) in [6.45, 7) is 7.90. The molecule has 0 amide bonds. The van der Waals surface area contributed by atoms with Crippen molar-refractivity contribution in [3.63, 3.8) is 0 Å². The molecule has 0 aliphatic rings. The number of hydrogen-bond donors (Lipinski definition) is 2. The first-order valence-corrected chi connectivity index (χ1v) is 12.2. The highest BCUT2D eigenvalue weighted by molar-refractivity contribution is 7.90. The number of aryl methyl sites for hydroxylation is 1. The molecule has 2 N–H and O–H groups in total. The van der Waals surface area contributed by atoms with Crippen LogP contribution in [0.25, 0.3) is 0 Å². The van der Waals surface area contributed by atoms with E-state index in [1.807, 2.05) is 32.0 Å². The van der Waals surface area contributed by atoms with E-state index in [2.05, 4.69) is 51.8 Å². The van der Waals surface area contributed by atoms with Gasteiger partial charge in [0, 0.05) is 25.9 Å². The Bertz CT molecular complexity index is 927. The third-order valence-corrected chi connectivity index (χ3v) is 5.96. The second-order valence-electron chi connectivity index (χ2n) is 7.57. The Morgan fingerprint density at radius 3 is 2.43 bits per heavy atom. The summed E-state index contributed by atoms with van der Waals surface area (Å²) in [7, 11) is -1.06. The molecule has 0 aliphatic carbocycles. The largest absolute Gasteiger partial charge is 0.357 e. The van der Waals surface area contributed by atoms with E-state index in [9.17, 15) is 8.42 Å². The van der Waals surface area contributed by atoms with Crippen molar-refractivity contribution in [2.75, 3.05) is 32.9 Å². The van der Waals surface area contributed by atoms with Gasteiger partial charge in [-0.1, -0.05) is 42.5 Å². The van der Waals surface area contributed by atoms with Gasteiger partial charge in [0.15, 0.2) is 15.8 Å². The van der Waals surface area contributed by atoms with Crippen LogP contribution in [0.1, 0.15) is 30.0 Å². The fourth-order valence-electron chi connectivity index (χ4n) is 3.27. The third-order valence-electron chi connectivity index (χ3n) is 4.71. The Balaban J connectivity index is 1.83. The molecular weight excluding hydrogens is 396 g/mol. The fourth-order valence-corrected chi connectivity index (χ4v) is 4.23. The summed E-state index contributed by atoms with van der Waals surface area (Å²) in [5.74, 6) is 0.771. The molecular formula is C23H34N4O2S. The van der Waals surface area contributed by atoms with Gasteiger partial charge in [-0.2, -0.15) is 0 Å². The molecule has 0 unspecified atom stereocenters. The van der Waals surface area contributed by atoms with Crippen molar-refractivity contribution < 1.29 is 8.42 Å². The summed E-state index contributed by atoms with van der Waals surface area (Å²) < 4.78 is 23.5. The van der Waals surface area contributed by atoms with Gasteiger partial charge in [-0.15, -0.1) is 0 Å². The van der Waals surface area contributed by atoms with E-state index < -0.39 is 9.84 Å². The number of guanidine groups is 1. The van der Waals surface area contributed by atoms with Gasteiger partial charge in [-0.05, 0) is 56.6 Å². The summed E-state index contributed by atoms with van der Waals surface area (Å²) in [5.41, 5.74) is 3.06. The number of hydrogen-bond acceptors (Lipinski definition) is 4. The highest BCUT2D eigenvalue weighted by Gasteiger charge is 2.10. The topological polar surface area (TPSA) is 73.8 Å². The minimum absolute atomic E-state index is 0.375. The van der Waals surface area contributed by atoms with E-state index in [4.69, 9.17) is 0 Å². The number of aliphatic imine (C=N–C) groups is 1. The van der Waals surface area contributed by atoms with Crippen LogP contribution in [0, 0.1) is 6.92 Å². The molecule has 0 aliphatic heterocycles. The highest BCUT2D eigenvalue weighted by Crippen LogP contribution is 2.17. The SMILES string of the molecule is CCNC(=NCc1ccc(S(C)(=O)=O)c(C)c1)NCCCN(C)Cc1ccccc1. The van der Waals surface area contributed by atoms with E-state index in [0.717, 1.165) is 49.7 Å². The van der Waals surface area contributed by atoms with Gasteiger partial charge >= 0.3 is 0 Å². The maximum atomic E-state index is 11.8. The average molecular weight is 431 g/mol. The lowest BCUT2D eigenvalue weighted by molar-refractivity contribution is 0.322. The Morgan fingerprint density at radius 1 is 1.07 bits per heavy atom. The van der Waals surface area contributed by atoms with Crippen LogP contribution in [0.4, 0.5) is 0 Å². The van der Waals surface area contributed by atoms with Crippen LogP contribution in [0.2, 0.25) is 0 Å². The van der Waals surface area contributed by atoms with Crippen LogP contribution in [0.3, 0.4) is 0 Å². The zero-order valence-electron chi connectivity index (χ0n) is 18.5. The molecule has 0 spiro atoms. The number of nitrogens with zero attached hydrogens (tertiary/aromatic N) is 2. The van der Waals surface area contributed by atoms with Crippen molar-refractivity contribution in [1.82, 2.24) is 15.5 Å². The fraction of sp³-hybridized carbons (Fsp3) is 0.435. The smallest absolute Gasteiger partial charge is 0.191 e. The lowest BCUT2D eigenvalue weighted by Gasteiger charge is -2.17. The Hall–Kier alpha value is -2.38. The Kier molecular flexibility index (Phi) is 9.33. The lowest BCUT2D eigenvalue weighted by Crippen LogP contribution is -2.38. The Labute approximate surface area is 181 Å². The number of nitrogens with one attached hydrogen (secondary N) is 2. The summed E-state index contributed by atoms with van der Waals surface area (Å²) in [4.78, 5) is 7.32. The summed E-state index contributed by atoms with van der Waals surface area (Å²) in [5, 5.41) is 6.64. The molecule has 0 saturated heterocycles. The summed E-state index contributed by atoms with van der Waals surface area (Å²) >= 11 is 0. The molecule has 0 fully saturated rings. The monoisotopic (exact) mass is 430 g/mol. The molecule has 0 bridgehead atoms. The molecule has 30 heavy (non-hydrogen) atoms. The van der Waals surface area contributed by atoms with Crippen molar-refractivity contribution in [3.8, 4) is 0 Å². The van der Waals surface area contributed by atoms with Crippen LogP contribution in [-0.4, -0.2) is 52.2 Å². The summed E-state index contributed by atoms with van der Waals surface area (Å²) in [6.07, 6.45) is 2.24. The predicted molar refractivity (Wildman–Crippen MR) is 125 cm³/mol. The maximum Gasteiger partial charge on any atom is 0.191 e. The van der Waals surface area contributed by atoms with Crippen molar-refractivity contribution in [2.24, 2.45) is 4.99 Å². The number of benzene rings is 2. The molecule has 7 heteroatoms. The lowest BCUT2D eigenvalue weighted by atomic mass is 10.1. The van der Waals surface area contributed by atoms with Crippen LogP contribution in [0.15, 0.2) is 58.4 Å². The first kappa shape index (κ1) is 23.9. The minimum Gasteiger partial charge on any atom is -0.357 e. The predicted octanol–water partition coefficient (Wildman–Crippen LogP) is 2.98. The quantitative estimate of drug-likeness (QED) is 0.344. The molecule has 2 aromatic rings. The van der Waals surface area contributed by atoms with Gasteiger partial charge in [0.1, 0.15) is 0 Å². The van der Waals surface area contributed by atoms with Crippen molar-refractivity contribution in [3.05, 3.63) is 65.2 Å². The molecule has 2 aromatic carbocycles. The zero-order chi connectivity index (χ0) is 22.0. The van der Waals surface area contributed by atoms with E-state index in [0.29, 0.717) is 11.4 Å². The second kappa shape index (κ2) is 11.7. The van der Waals surface area contributed by atoms with Crippen molar-refractivity contribution >= 4 is 15.8 Å². The number of rotatable bonds is 10. The number of sulfone groups is 1. The van der Waals surface area contributed by atoms with Gasteiger partial charge < -0.3 is 15.5 Å². The molecule has 0 saturated carbocycles. The van der Waals surface area contributed by atoms with Crippen LogP contribution < -0.4 is 10.6 Å². The molecule has 164 valence electrons. The van der Waals surface area contributed by atoms with Crippen LogP contribution in [-0.2, 0) is 22.9 Å². The molecule has 6 nitrogen and oxygen atoms in total. The third kappa shape index (κ3) is 8.16. The van der Waals surface area contributed by atoms with Crippen LogP contribution >= 0.6 is 0 Å². The Morgan fingerprint density at radius 2 is 1.80 bits per heavy atom. The van der Waals surface area contributed by atoms with Crippen molar-refractivity contribution in [1.29, 1.82) is 0 Å². The minimum atomic E-state index is -3.20. The van der Waals surface area contributed by atoms with Gasteiger partial charge in [0.25, 0.3) is 0 Å². The molecule has 0 radical (unpaired) electrons. The zero-order valence-corrected chi connectivity index (χ0v) is 19.3. The van der Waals surface area contributed by atoms with Gasteiger partial charge in [-0.3, -0.25) is 0 Å². The normalized spacial score (nSPS) is 12.2. The van der Waals surface area contributed by atoms with Crippen molar-refractivity contribution in [2.45, 2.75) is 38.3 Å². The molecule has 0 aromatic heterocycles. The molecule has 0 heterocycles. The molecule has 0 atom stereocenters. The standard InChI is InChI=1S/C23H34N4O2S/c1-5-24-23(25-14-9-15-27(3)18-20-10-7-6-8-11-20)26-17-21-12-13-22(19(2)16-21)30(4,28)29/h6-8,10-13,16H,5,9,14-15,17-18H2,1-4H3,(H2,24,25,26). The molecule has 2 rings (SSSR count). The van der Waals surface area contributed by atoms with Gasteiger partial charge in [-0.25, -0.2) is 13.4 Å². The van der Waals surface area contributed by atoms with Gasteiger partial charge in [0.2, 0.25) is 0 Å².